The number of fused-ring (bicyclic) bond motifs is 1. The van der Waals surface area contributed by atoms with Crippen LogP contribution in [0.3, 0.4) is 0 Å². The van der Waals surface area contributed by atoms with Crippen molar-refractivity contribution in [3.8, 4) is 0 Å². The number of H-pyrrole nitrogens is 1. The molecule has 6 nitrogen and oxygen atoms in total. The first-order valence-electron chi connectivity index (χ1n) is 7.67. The molecule has 1 unspecified atom stereocenters. The van der Waals surface area contributed by atoms with E-state index in [4.69, 9.17) is 11.6 Å². The molecule has 1 aliphatic heterocycles. The van der Waals surface area contributed by atoms with Gasteiger partial charge in [-0.05, 0) is 18.6 Å². The lowest BCUT2D eigenvalue weighted by Gasteiger charge is -2.18. The van der Waals surface area contributed by atoms with Crippen LogP contribution >= 0.6 is 11.6 Å². The summed E-state index contributed by atoms with van der Waals surface area (Å²) in [5, 5.41) is 4.30. The van der Waals surface area contributed by atoms with Gasteiger partial charge in [-0.1, -0.05) is 11.6 Å². The van der Waals surface area contributed by atoms with Crippen LogP contribution in [0.1, 0.15) is 12.0 Å². The van der Waals surface area contributed by atoms with Crippen LogP contribution in [0.15, 0.2) is 36.9 Å². The first-order chi connectivity index (χ1) is 11.3. The molecule has 0 aliphatic carbocycles. The summed E-state index contributed by atoms with van der Waals surface area (Å²) in [6.07, 6.45) is 8.25. The highest BCUT2D eigenvalue weighted by molar-refractivity contribution is 6.32. The van der Waals surface area contributed by atoms with E-state index in [0.717, 1.165) is 48.6 Å². The highest BCUT2D eigenvalue weighted by atomic mass is 35.5. The van der Waals surface area contributed by atoms with Gasteiger partial charge in [0.1, 0.15) is 11.3 Å². The third-order valence-electron chi connectivity index (χ3n) is 4.19. The molecule has 4 rings (SSSR count). The number of pyridine rings is 1. The SMILES string of the molecule is Clc1cccnc1N1CCC(NCc2c[nH]c3nccnc23)C1. The predicted molar refractivity (Wildman–Crippen MR) is 90.6 cm³/mol. The summed E-state index contributed by atoms with van der Waals surface area (Å²) in [4.78, 5) is 18.4. The van der Waals surface area contributed by atoms with Crippen LogP contribution in [-0.2, 0) is 6.54 Å². The summed E-state index contributed by atoms with van der Waals surface area (Å²) in [7, 11) is 0. The maximum absolute atomic E-state index is 6.23. The Labute approximate surface area is 138 Å². The molecule has 0 aromatic carbocycles. The maximum Gasteiger partial charge on any atom is 0.156 e. The number of aromatic amines is 1. The number of hydrogen-bond acceptors (Lipinski definition) is 5. The average molecular weight is 329 g/mol. The minimum Gasteiger partial charge on any atom is -0.354 e. The molecule has 7 heteroatoms. The fraction of sp³-hybridized carbons (Fsp3) is 0.312. The third kappa shape index (κ3) is 2.87. The number of halogens is 1. The van der Waals surface area contributed by atoms with E-state index < -0.39 is 0 Å². The maximum atomic E-state index is 6.23. The monoisotopic (exact) mass is 328 g/mol. The molecule has 23 heavy (non-hydrogen) atoms. The third-order valence-corrected chi connectivity index (χ3v) is 4.49. The normalized spacial score (nSPS) is 18.0. The zero-order chi connectivity index (χ0) is 15.6. The van der Waals surface area contributed by atoms with Gasteiger partial charge in [0.05, 0.1) is 5.02 Å². The van der Waals surface area contributed by atoms with E-state index in [1.807, 2.05) is 18.3 Å². The molecule has 1 fully saturated rings. The van der Waals surface area contributed by atoms with Gasteiger partial charge in [-0.3, -0.25) is 4.98 Å². The second kappa shape index (κ2) is 6.14. The van der Waals surface area contributed by atoms with E-state index in [1.54, 1.807) is 18.6 Å². The molecule has 1 saturated heterocycles. The minimum atomic E-state index is 0.412. The van der Waals surface area contributed by atoms with Gasteiger partial charge < -0.3 is 15.2 Å². The zero-order valence-electron chi connectivity index (χ0n) is 12.5. The fourth-order valence-corrected chi connectivity index (χ4v) is 3.26. The van der Waals surface area contributed by atoms with Crippen molar-refractivity contribution in [2.45, 2.75) is 19.0 Å². The number of aromatic nitrogens is 4. The zero-order valence-corrected chi connectivity index (χ0v) is 13.3. The molecule has 3 aromatic rings. The second-order valence-corrected chi connectivity index (χ2v) is 6.10. The van der Waals surface area contributed by atoms with Crippen molar-refractivity contribution >= 4 is 28.6 Å². The molecule has 0 amide bonds. The summed E-state index contributed by atoms with van der Waals surface area (Å²) < 4.78 is 0. The molecule has 4 heterocycles. The smallest absolute Gasteiger partial charge is 0.156 e. The number of anilines is 1. The van der Waals surface area contributed by atoms with Gasteiger partial charge >= 0.3 is 0 Å². The van der Waals surface area contributed by atoms with E-state index >= 15 is 0 Å². The van der Waals surface area contributed by atoms with Gasteiger partial charge in [0, 0.05) is 56.0 Å². The molecule has 0 saturated carbocycles. The van der Waals surface area contributed by atoms with Crippen molar-refractivity contribution in [1.29, 1.82) is 0 Å². The van der Waals surface area contributed by atoms with E-state index in [9.17, 15) is 0 Å². The largest absolute Gasteiger partial charge is 0.354 e. The summed E-state index contributed by atoms with van der Waals surface area (Å²) in [5.74, 6) is 0.872. The summed E-state index contributed by atoms with van der Waals surface area (Å²) >= 11 is 6.23. The van der Waals surface area contributed by atoms with E-state index in [1.165, 1.54) is 0 Å². The van der Waals surface area contributed by atoms with Crippen molar-refractivity contribution in [3.05, 3.63) is 47.5 Å². The average Bonchev–Trinajstić information content (AvgIpc) is 3.20. The van der Waals surface area contributed by atoms with Crippen molar-refractivity contribution in [1.82, 2.24) is 25.3 Å². The van der Waals surface area contributed by atoms with E-state index in [0.29, 0.717) is 11.1 Å². The Bertz CT molecular complexity index is 817. The minimum absolute atomic E-state index is 0.412. The van der Waals surface area contributed by atoms with Crippen LogP contribution in [0, 0.1) is 0 Å². The molecule has 2 N–H and O–H groups in total. The second-order valence-electron chi connectivity index (χ2n) is 5.69. The molecule has 0 radical (unpaired) electrons. The molecule has 118 valence electrons. The van der Waals surface area contributed by atoms with Crippen LogP contribution in [-0.4, -0.2) is 39.1 Å². The van der Waals surface area contributed by atoms with Gasteiger partial charge in [-0.15, -0.1) is 0 Å². The quantitative estimate of drug-likeness (QED) is 0.769. The molecule has 0 bridgehead atoms. The first-order valence-corrected chi connectivity index (χ1v) is 8.05. The molecule has 3 aromatic heterocycles. The van der Waals surface area contributed by atoms with Gasteiger partial charge in [-0.25, -0.2) is 9.97 Å². The molecular formula is C16H17ClN6. The van der Waals surface area contributed by atoms with E-state index in [2.05, 4.69) is 30.2 Å². The lowest BCUT2D eigenvalue weighted by molar-refractivity contribution is 0.552. The Morgan fingerprint density at radius 1 is 1.26 bits per heavy atom. The van der Waals surface area contributed by atoms with Crippen LogP contribution in [0.25, 0.3) is 11.2 Å². The Morgan fingerprint density at radius 2 is 2.17 bits per heavy atom. The Balaban J connectivity index is 1.40. The Morgan fingerprint density at radius 3 is 3.09 bits per heavy atom. The van der Waals surface area contributed by atoms with E-state index in [-0.39, 0.29) is 0 Å². The summed E-state index contributed by atoms with van der Waals surface area (Å²) in [6, 6.07) is 4.15. The van der Waals surface area contributed by atoms with Crippen LogP contribution in [0.2, 0.25) is 5.02 Å². The van der Waals surface area contributed by atoms with Crippen molar-refractivity contribution in [3.63, 3.8) is 0 Å². The summed E-state index contributed by atoms with van der Waals surface area (Å²) in [5.41, 5.74) is 2.91. The molecule has 1 atom stereocenters. The van der Waals surface area contributed by atoms with Crippen molar-refractivity contribution in [2.24, 2.45) is 0 Å². The molecule has 0 spiro atoms. The van der Waals surface area contributed by atoms with Crippen LogP contribution in [0.5, 0.6) is 0 Å². The highest BCUT2D eigenvalue weighted by Crippen LogP contribution is 2.26. The van der Waals surface area contributed by atoms with Gasteiger partial charge in [-0.2, -0.15) is 0 Å². The highest BCUT2D eigenvalue weighted by Gasteiger charge is 2.24. The number of nitrogens with one attached hydrogen (secondary N) is 2. The Hall–Kier alpha value is -2.18. The first kappa shape index (κ1) is 14.4. The molecule has 1 aliphatic rings. The molecular weight excluding hydrogens is 312 g/mol. The number of nitrogens with zero attached hydrogens (tertiary/aromatic N) is 4. The lowest BCUT2D eigenvalue weighted by Crippen LogP contribution is -2.32. The topological polar surface area (TPSA) is 69.7 Å². The van der Waals surface area contributed by atoms with Gasteiger partial charge in [0.15, 0.2) is 5.65 Å². The standard InChI is InChI=1S/C16H17ClN6/c17-13-2-1-4-20-16(13)23-7-3-12(10-23)21-8-11-9-22-15-14(11)18-5-6-19-15/h1-2,4-6,9,12,21H,3,7-8,10H2,(H,19,22). The van der Waals surface area contributed by atoms with Crippen LogP contribution in [0.4, 0.5) is 5.82 Å². The van der Waals surface area contributed by atoms with Gasteiger partial charge in [0.25, 0.3) is 0 Å². The number of hydrogen-bond donors (Lipinski definition) is 2. The van der Waals surface area contributed by atoms with Crippen molar-refractivity contribution in [2.75, 3.05) is 18.0 Å². The fourth-order valence-electron chi connectivity index (χ4n) is 3.02. The lowest BCUT2D eigenvalue weighted by atomic mass is 10.2. The number of rotatable bonds is 4. The Kier molecular flexibility index (Phi) is 3.85. The predicted octanol–water partition coefficient (Wildman–Crippen LogP) is 2.37. The summed E-state index contributed by atoms with van der Waals surface area (Å²) in [6.45, 7) is 2.64. The van der Waals surface area contributed by atoms with Crippen molar-refractivity contribution < 1.29 is 0 Å². The van der Waals surface area contributed by atoms with Crippen LogP contribution < -0.4 is 10.2 Å². The van der Waals surface area contributed by atoms with Gasteiger partial charge in [0.2, 0.25) is 0 Å².